The minimum Gasteiger partial charge on any atom is -0.350 e. The van der Waals surface area contributed by atoms with Gasteiger partial charge < -0.3 is 10.2 Å². The molecule has 0 aliphatic rings. The van der Waals surface area contributed by atoms with E-state index >= 15 is 0 Å². The minimum absolute atomic E-state index is 0.749. The number of aromatic nitrogens is 3. The lowest BCUT2D eigenvalue weighted by Crippen LogP contribution is -2.24. The fourth-order valence-corrected chi connectivity index (χ4v) is 2.11. The fraction of sp³-hybridized carbons (Fsp3) is 0.438. The van der Waals surface area contributed by atoms with Crippen molar-refractivity contribution in [2.75, 3.05) is 18.0 Å². The average molecular weight is 285 g/mol. The van der Waals surface area contributed by atoms with Crippen molar-refractivity contribution in [2.45, 2.75) is 33.9 Å². The zero-order valence-corrected chi connectivity index (χ0v) is 13.0. The van der Waals surface area contributed by atoms with Gasteiger partial charge in [-0.2, -0.15) is 5.10 Å². The Morgan fingerprint density at radius 1 is 1.05 bits per heavy atom. The first-order valence-corrected chi connectivity index (χ1v) is 7.43. The van der Waals surface area contributed by atoms with E-state index in [2.05, 4.69) is 39.2 Å². The van der Waals surface area contributed by atoms with Crippen molar-refractivity contribution in [3.05, 3.63) is 47.4 Å². The van der Waals surface area contributed by atoms with Gasteiger partial charge in [0.15, 0.2) is 5.82 Å². The first kappa shape index (κ1) is 15.4. The summed E-state index contributed by atoms with van der Waals surface area (Å²) in [6.07, 6.45) is 0. The van der Waals surface area contributed by atoms with Crippen LogP contribution in [-0.2, 0) is 13.1 Å². The van der Waals surface area contributed by atoms with Crippen LogP contribution in [0, 0.1) is 6.92 Å². The molecule has 5 nitrogen and oxygen atoms in total. The van der Waals surface area contributed by atoms with Gasteiger partial charge in [-0.1, -0.05) is 13.0 Å². The van der Waals surface area contributed by atoms with E-state index in [-0.39, 0.29) is 0 Å². The maximum atomic E-state index is 4.54. The summed E-state index contributed by atoms with van der Waals surface area (Å²) < 4.78 is 0. The van der Waals surface area contributed by atoms with E-state index < -0.39 is 0 Å². The van der Waals surface area contributed by atoms with Crippen molar-refractivity contribution in [1.29, 1.82) is 0 Å². The predicted octanol–water partition coefficient (Wildman–Crippen LogP) is 2.32. The van der Waals surface area contributed by atoms with E-state index in [0.717, 1.165) is 49.1 Å². The third kappa shape index (κ3) is 4.49. The molecule has 5 heteroatoms. The number of nitrogens with one attached hydrogen (secondary N) is 1. The molecule has 0 unspecified atom stereocenters. The second-order valence-electron chi connectivity index (χ2n) is 4.95. The molecule has 21 heavy (non-hydrogen) atoms. The van der Waals surface area contributed by atoms with Crippen LogP contribution >= 0.6 is 0 Å². The summed E-state index contributed by atoms with van der Waals surface area (Å²) in [5, 5.41) is 11.8. The van der Waals surface area contributed by atoms with Crippen LogP contribution in [-0.4, -0.2) is 28.3 Å². The Morgan fingerprint density at radius 3 is 2.52 bits per heavy atom. The van der Waals surface area contributed by atoms with E-state index in [1.165, 1.54) is 0 Å². The maximum Gasteiger partial charge on any atom is 0.151 e. The molecule has 0 saturated heterocycles. The van der Waals surface area contributed by atoms with Gasteiger partial charge in [0, 0.05) is 18.8 Å². The molecule has 0 atom stereocenters. The predicted molar refractivity (Wildman–Crippen MR) is 85.1 cm³/mol. The molecule has 0 radical (unpaired) electrons. The van der Waals surface area contributed by atoms with Crippen LogP contribution in [0.2, 0.25) is 0 Å². The molecule has 112 valence electrons. The highest BCUT2D eigenvalue weighted by Crippen LogP contribution is 2.13. The van der Waals surface area contributed by atoms with Gasteiger partial charge in [0.1, 0.15) is 0 Å². The number of hydrogen-bond acceptors (Lipinski definition) is 5. The van der Waals surface area contributed by atoms with Crippen LogP contribution in [0.25, 0.3) is 0 Å². The molecule has 0 aliphatic carbocycles. The zero-order chi connectivity index (χ0) is 15.1. The molecule has 2 rings (SSSR count). The van der Waals surface area contributed by atoms with E-state index in [1.54, 1.807) is 0 Å². The molecule has 2 aromatic rings. The fourth-order valence-electron chi connectivity index (χ4n) is 2.11. The molecular weight excluding hydrogens is 262 g/mol. The summed E-state index contributed by atoms with van der Waals surface area (Å²) in [7, 11) is 0. The van der Waals surface area contributed by atoms with Gasteiger partial charge in [-0.3, -0.25) is 4.98 Å². The maximum absolute atomic E-state index is 4.54. The lowest BCUT2D eigenvalue weighted by atomic mass is 10.3. The summed E-state index contributed by atoms with van der Waals surface area (Å²) in [5.74, 6) is 0.890. The van der Waals surface area contributed by atoms with Gasteiger partial charge in [0.2, 0.25) is 0 Å². The van der Waals surface area contributed by atoms with Crippen molar-refractivity contribution in [3.8, 4) is 0 Å². The van der Waals surface area contributed by atoms with Crippen LogP contribution in [0.1, 0.15) is 30.9 Å². The van der Waals surface area contributed by atoms with Crippen LogP contribution in [0.5, 0.6) is 0 Å². The highest BCUT2D eigenvalue weighted by atomic mass is 15.3. The quantitative estimate of drug-likeness (QED) is 0.846. The molecule has 0 aliphatic heterocycles. The van der Waals surface area contributed by atoms with Crippen molar-refractivity contribution >= 4 is 5.82 Å². The first-order valence-electron chi connectivity index (χ1n) is 7.43. The SMILES string of the molecule is CCNCc1ccc(N(CC)Cc2cccc(C)n2)nn1. The molecule has 1 N–H and O–H groups in total. The molecule has 0 fully saturated rings. The van der Waals surface area contributed by atoms with Crippen molar-refractivity contribution in [1.82, 2.24) is 20.5 Å². The summed E-state index contributed by atoms with van der Waals surface area (Å²) in [4.78, 5) is 6.72. The van der Waals surface area contributed by atoms with Crippen LogP contribution in [0.4, 0.5) is 5.82 Å². The van der Waals surface area contributed by atoms with Gasteiger partial charge in [0.05, 0.1) is 17.9 Å². The Morgan fingerprint density at radius 2 is 1.90 bits per heavy atom. The van der Waals surface area contributed by atoms with Gasteiger partial charge >= 0.3 is 0 Å². The summed E-state index contributed by atoms with van der Waals surface area (Å²) in [6.45, 7) is 9.52. The van der Waals surface area contributed by atoms with E-state index in [0.29, 0.717) is 0 Å². The molecule has 0 aromatic carbocycles. The molecule has 2 heterocycles. The smallest absolute Gasteiger partial charge is 0.151 e. The number of aryl methyl sites for hydroxylation is 1. The Balaban J connectivity index is 2.06. The summed E-state index contributed by atoms with van der Waals surface area (Å²) in [5.41, 5.74) is 3.05. The first-order chi connectivity index (χ1) is 10.2. The highest BCUT2D eigenvalue weighted by Gasteiger charge is 2.08. The third-order valence-electron chi connectivity index (χ3n) is 3.27. The van der Waals surface area contributed by atoms with E-state index in [9.17, 15) is 0 Å². The van der Waals surface area contributed by atoms with Crippen LogP contribution in [0.15, 0.2) is 30.3 Å². The third-order valence-corrected chi connectivity index (χ3v) is 3.27. The number of pyridine rings is 1. The standard InChI is InChI=1S/C16H23N5/c1-4-17-11-14-9-10-16(20-19-14)21(5-2)12-15-8-6-7-13(3)18-15/h6-10,17H,4-5,11-12H2,1-3H3. The lowest BCUT2D eigenvalue weighted by Gasteiger charge is -2.21. The molecule has 0 bridgehead atoms. The van der Waals surface area contributed by atoms with E-state index in [1.807, 2.05) is 37.3 Å². The summed E-state index contributed by atoms with van der Waals surface area (Å²) >= 11 is 0. The van der Waals surface area contributed by atoms with Crippen molar-refractivity contribution in [3.63, 3.8) is 0 Å². The van der Waals surface area contributed by atoms with Crippen LogP contribution < -0.4 is 10.2 Å². The molecule has 0 spiro atoms. The molecule has 2 aromatic heterocycles. The highest BCUT2D eigenvalue weighted by molar-refractivity contribution is 5.37. The van der Waals surface area contributed by atoms with Gasteiger partial charge in [-0.05, 0) is 44.7 Å². The molecular formula is C16H23N5. The van der Waals surface area contributed by atoms with Gasteiger partial charge in [0.25, 0.3) is 0 Å². The second kappa shape index (κ2) is 7.69. The summed E-state index contributed by atoms with van der Waals surface area (Å²) in [6, 6.07) is 10.1. The number of hydrogen-bond donors (Lipinski definition) is 1. The Hall–Kier alpha value is -2.01. The number of nitrogens with zero attached hydrogens (tertiary/aromatic N) is 4. The van der Waals surface area contributed by atoms with Crippen LogP contribution in [0.3, 0.4) is 0 Å². The average Bonchev–Trinajstić information content (AvgIpc) is 2.51. The van der Waals surface area contributed by atoms with E-state index in [4.69, 9.17) is 0 Å². The zero-order valence-electron chi connectivity index (χ0n) is 13.0. The topological polar surface area (TPSA) is 53.9 Å². The minimum atomic E-state index is 0.749. The van der Waals surface area contributed by atoms with Gasteiger partial charge in [-0.25, -0.2) is 0 Å². The van der Waals surface area contributed by atoms with Crippen molar-refractivity contribution in [2.24, 2.45) is 0 Å². The lowest BCUT2D eigenvalue weighted by molar-refractivity contribution is 0.693. The second-order valence-corrected chi connectivity index (χ2v) is 4.95. The Bertz CT molecular complexity index is 553. The molecule has 0 amide bonds. The normalized spacial score (nSPS) is 10.6. The Labute approximate surface area is 126 Å². The molecule has 0 saturated carbocycles. The van der Waals surface area contributed by atoms with Crippen molar-refractivity contribution < 1.29 is 0 Å². The monoisotopic (exact) mass is 285 g/mol. The largest absolute Gasteiger partial charge is 0.350 e. The Kier molecular flexibility index (Phi) is 5.63. The number of anilines is 1. The number of rotatable bonds is 7. The van der Waals surface area contributed by atoms with Gasteiger partial charge in [-0.15, -0.1) is 5.10 Å².